The van der Waals surface area contributed by atoms with Crippen LogP contribution >= 0.6 is 11.3 Å². The average Bonchev–Trinajstić information content (AvgIpc) is 3.52. The molecule has 2 aromatic heterocycles. The fraction of sp³-hybridized carbons (Fsp3) is 0. The molecule has 0 aliphatic rings. The summed E-state index contributed by atoms with van der Waals surface area (Å²) in [5, 5.41) is 3.58. The summed E-state index contributed by atoms with van der Waals surface area (Å²) in [5.74, 6) is 0. The van der Waals surface area contributed by atoms with Crippen LogP contribution in [0.2, 0.25) is 0 Å². The van der Waals surface area contributed by atoms with E-state index in [0.29, 0.717) is 0 Å². The number of nitrogens with zero attached hydrogens (tertiary/aromatic N) is 2. The van der Waals surface area contributed by atoms with Crippen molar-refractivity contribution in [2.24, 2.45) is 0 Å². The van der Waals surface area contributed by atoms with E-state index in [1.54, 1.807) is 11.3 Å². The molecule has 8 rings (SSSR count). The normalized spacial score (nSPS) is 11.3. The van der Waals surface area contributed by atoms with Crippen molar-refractivity contribution in [1.29, 1.82) is 0 Å². The maximum atomic E-state index is 4.97. The SMILES string of the molecule is c1ccc(-c2cccc(-c3ccc(-c4nc5ccc(-c6ccc(-c7cccc8ccccc78)cc6)cc5s4)cc3)c2)nc1. The molecule has 0 unspecified atom stereocenters. The quantitative estimate of drug-likeness (QED) is 0.207. The van der Waals surface area contributed by atoms with E-state index in [-0.39, 0.29) is 0 Å². The first-order chi connectivity index (χ1) is 21.3. The van der Waals surface area contributed by atoms with Crippen LogP contribution in [0.1, 0.15) is 0 Å². The Balaban J connectivity index is 1.05. The lowest BCUT2D eigenvalue weighted by Crippen LogP contribution is -1.84. The molecule has 0 bridgehead atoms. The average molecular weight is 567 g/mol. The van der Waals surface area contributed by atoms with Gasteiger partial charge in [0.25, 0.3) is 0 Å². The zero-order valence-electron chi connectivity index (χ0n) is 23.3. The van der Waals surface area contributed by atoms with Gasteiger partial charge in [-0.15, -0.1) is 11.3 Å². The highest BCUT2D eigenvalue weighted by molar-refractivity contribution is 7.21. The predicted octanol–water partition coefficient (Wildman–Crippen LogP) is 11.2. The molecule has 0 aliphatic heterocycles. The largest absolute Gasteiger partial charge is 0.256 e. The Morgan fingerprint density at radius 3 is 1.91 bits per heavy atom. The number of hydrogen-bond acceptors (Lipinski definition) is 3. The summed E-state index contributed by atoms with van der Waals surface area (Å²) >= 11 is 1.74. The van der Waals surface area contributed by atoms with Gasteiger partial charge < -0.3 is 0 Å². The van der Waals surface area contributed by atoms with E-state index in [0.717, 1.165) is 27.3 Å². The number of pyridine rings is 1. The molecule has 0 radical (unpaired) electrons. The first-order valence-corrected chi connectivity index (χ1v) is 15.2. The Labute approximate surface area is 254 Å². The molecule has 0 spiro atoms. The molecular formula is C40H26N2S. The second-order valence-electron chi connectivity index (χ2n) is 10.7. The Morgan fingerprint density at radius 1 is 0.442 bits per heavy atom. The van der Waals surface area contributed by atoms with Crippen LogP contribution in [0.15, 0.2) is 158 Å². The molecule has 0 atom stereocenters. The van der Waals surface area contributed by atoms with E-state index in [4.69, 9.17) is 4.98 Å². The molecule has 0 saturated carbocycles. The second kappa shape index (κ2) is 10.8. The first kappa shape index (κ1) is 25.3. The third kappa shape index (κ3) is 4.90. The summed E-state index contributed by atoms with van der Waals surface area (Å²) in [4.78, 5) is 9.47. The molecule has 0 N–H and O–H groups in total. The molecule has 202 valence electrons. The highest BCUT2D eigenvalue weighted by Crippen LogP contribution is 2.36. The van der Waals surface area contributed by atoms with Crippen LogP contribution in [-0.2, 0) is 0 Å². The second-order valence-corrected chi connectivity index (χ2v) is 11.7. The van der Waals surface area contributed by atoms with Crippen LogP contribution < -0.4 is 0 Å². The molecule has 43 heavy (non-hydrogen) atoms. The van der Waals surface area contributed by atoms with Gasteiger partial charge in [0.1, 0.15) is 5.01 Å². The smallest absolute Gasteiger partial charge is 0.124 e. The first-order valence-electron chi connectivity index (χ1n) is 14.4. The van der Waals surface area contributed by atoms with Crippen LogP contribution in [0.25, 0.3) is 76.2 Å². The number of aromatic nitrogens is 2. The maximum Gasteiger partial charge on any atom is 0.124 e. The van der Waals surface area contributed by atoms with Crippen LogP contribution in [0.3, 0.4) is 0 Å². The van der Waals surface area contributed by atoms with E-state index >= 15 is 0 Å². The van der Waals surface area contributed by atoms with Crippen molar-refractivity contribution < 1.29 is 0 Å². The van der Waals surface area contributed by atoms with Gasteiger partial charge in [-0.1, -0.05) is 121 Å². The van der Waals surface area contributed by atoms with Crippen LogP contribution in [-0.4, -0.2) is 9.97 Å². The standard InChI is InChI=1S/C40H26N2S/c1-2-11-35-29(7-1)8-6-12-36(35)30-18-14-28(15-19-30)33-22-23-38-39(26-33)43-40(42-38)31-20-16-27(17-21-31)32-9-5-10-34(25-32)37-13-3-4-24-41-37/h1-26H. The van der Waals surface area contributed by atoms with Gasteiger partial charge in [-0.2, -0.15) is 0 Å². The zero-order valence-corrected chi connectivity index (χ0v) is 24.1. The lowest BCUT2D eigenvalue weighted by atomic mass is 9.96. The number of fused-ring (bicyclic) bond motifs is 2. The summed E-state index contributed by atoms with van der Waals surface area (Å²) in [6.07, 6.45) is 1.83. The van der Waals surface area contributed by atoms with Gasteiger partial charge in [-0.25, -0.2) is 4.98 Å². The monoisotopic (exact) mass is 566 g/mol. The Kier molecular flexibility index (Phi) is 6.36. The summed E-state index contributed by atoms with van der Waals surface area (Å²) in [6, 6.07) is 53.8. The van der Waals surface area contributed by atoms with Crippen LogP contribution in [0.4, 0.5) is 0 Å². The molecule has 8 aromatic rings. The highest BCUT2D eigenvalue weighted by atomic mass is 32.1. The highest BCUT2D eigenvalue weighted by Gasteiger charge is 2.10. The van der Waals surface area contributed by atoms with Crippen molar-refractivity contribution in [3.05, 3.63) is 158 Å². The van der Waals surface area contributed by atoms with E-state index in [1.165, 1.54) is 48.9 Å². The maximum absolute atomic E-state index is 4.97. The summed E-state index contributed by atoms with van der Waals surface area (Å²) in [7, 11) is 0. The number of benzene rings is 6. The minimum atomic E-state index is 0.982. The van der Waals surface area contributed by atoms with E-state index in [9.17, 15) is 0 Å². The Morgan fingerprint density at radius 2 is 1.09 bits per heavy atom. The fourth-order valence-electron chi connectivity index (χ4n) is 5.74. The predicted molar refractivity (Wildman–Crippen MR) is 182 cm³/mol. The van der Waals surface area contributed by atoms with Crippen molar-refractivity contribution in [1.82, 2.24) is 9.97 Å². The molecule has 0 fully saturated rings. The lowest BCUT2D eigenvalue weighted by molar-refractivity contribution is 1.33. The Hall–Kier alpha value is -5.38. The zero-order chi connectivity index (χ0) is 28.6. The van der Waals surface area contributed by atoms with Crippen LogP contribution in [0, 0.1) is 0 Å². The summed E-state index contributed by atoms with van der Waals surface area (Å²) < 4.78 is 1.19. The molecule has 2 nitrogen and oxygen atoms in total. The van der Waals surface area contributed by atoms with E-state index < -0.39 is 0 Å². The van der Waals surface area contributed by atoms with Crippen molar-refractivity contribution in [2.75, 3.05) is 0 Å². The number of thiazole rings is 1. The molecular weight excluding hydrogens is 541 g/mol. The summed E-state index contributed by atoms with van der Waals surface area (Å²) in [6.45, 7) is 0. The minimum absolute atomic E-state index is 0.982. The van der Waals surface area contributed by atoms with E-state index in [1.807, 2.05) is 24.4 Å². The van der Waals surface area contributed by atoms with Gasteiger partial charge in [-0.3, -0.25) is 4.98 Å². The van der Waals surface area contributed by atoms with Crippen molar-refractivity contribution in [3.63, 3.8) is 0 Å². The third-order valence-electron chi connectivity index (χ3n) is 8.00. The molecule has 0 aliphatic carbocycles. The third-order valence-corrected chi connectivity index (χ3v) is 9.06. The van der Waals surface area contributed by atoms with Gasteiger partial charge in [0.15, 0.2) is 0 Å². The molecule has 0 amide bonds. The summed E-state index contributed by atoms with van der Waals surface area (Å²) in [5.41, 5.74) is 11.5. The topological polar surface area (TPSA) is 25.8 Å². The van der Waals surface area contributed by atoms with Crippen molar-refractivity contribution in [3.8, 4) is 55.2 Å². The van der Waals surface area contributed by atoms with Gasteiger partial charge in [0.2, 0.25) is 0 Å². The van der Waals surface area contributed by atoms with Gasteiger partial charge in [0, 0.05) is 17.3 Å². The number of rotatable bonds is 5. The fourth-order valence-corrected chi connectivity index (χ4v) is 6.75. The Bertz CT molecular complexity index is 2210. The minimum Gasteiger partial charge on any atom is -0.256 e. The van der Waals surface area contributed by atoms with Gasteiger partial charge in [0.05, 0.1) is 15.9 Å². The molecule has 0 saturated heterocycles. The van der Waals surface area contributed by atoms with Crippen LogP contribution in [0.5, 0.6) is 0 Å². The van der Waals surface area contributed by atoms with Gasteiger partial charge >= 0.3 is 0 Å². The lowest BCUT2D eigenvalue weighted by Gasteiger charge is -2.08. The van der Waals surface area contributed by atoms with Gasteiger partial charge in [-0.05, 0) is 74.5 Å². The van der Waals surface area contributed by atoms with Crippen molar-refractivity contribution in [2.45, 2.75) is 0 Å². The molecule has 2 heterocycles. The molecule has 3 heteroatoms. The molecule has 6 aromatic carbocycles. The van der Waals surface area contributed by atoms with E-state index in [2.05, 4.69) is 138 Å². The van der Waals surface area contributed by atoms with Crippen molar-refractivity contribution >= 4 is 32.3 Å². The number of hydrogen-bond donors (Lipinski definition) is 0.